The lowest BCUT2D eigenvalue weighted by Crippen LogP contribution is -2.47. The number of allylic oxidation sites excluding steroid dienone is 2. The summed E-state index contributed by atoms with van der Waals surface area (Å²) in [6, 6.07) is 12.1. The van der Waals surface area contributed by atoms with Crippen LogP contribution in [0, 0.1) is 0 Å². The molecule has 0 radical (unpaired) electrons. The van der Waals surface area contributed by atoms with Crippen molar-refractivity contribution < 1.29 is 14.3 Å². The second-order valence-corrected chi connectivity index (χ2v) is 7.55. The lowest BCUT2D eigenvalue weighted by molar-refractivity contribution is -0.136. The van der Waals surface area contributed by atoms with E-state index in [9.17, 15) is 4.79 Å². The summed E-state index contributed by atoms with van der Waals surface area (Å²) in [5.74, 6) is 0.818. The molecule has 0 bridgehead atoms. The van der Waals surface area contributed by atoms with Crippen LogP contribution in [-0.4, -0.2) is 36.3 Å². The standard InChI is InChI=1S/C26H32N2O3/c1-3-30-24-12-7-11-23(19-24)22-13-15-26(16-14-22,31-4-2)25(29)28-18-6-5-9-21-10-8-17-27-20-21/h7-8,10-17,19-20,22H,3-6,9,18H2,1-2H3,(H,28,29). The van der Waals surface area contributed by atoms with Gasteiger partial charge in [-0.3, -0.25) is 9.78 Å². The Balaban J connectivity index is 1.55. The van der Waals surface area contributed by atoms with E-state index in [4.69, 9.17) is 9.47 Å². The number of ether oxygens (including phenoxy) is 2. The Hall–Kier alpha value is -2.92. The molecule has 0 aliphatic heterocycles. The number of aromatic nitrogens is 1. The first-order valence-electron chi connectivity index (χ1n) is 11.1. The molecule has 0 saturated heterocycles. The number of nitrogens with one attached hydrogen (secondary N) is 1. The number of hydrogen-bond acceptors (Lipinski definition) is 4. The van der Waals surface area contributed by atoms with Crippen molar-refractivity contribution in [3.05, 3.63) is 84.2 Å². The van der Waals surface area contributed by atoms with Gasteiger partial charge in [0.05, 0.1) is 6.61 Å². The minimum Gasteiger partial charge on any atom is -0.494 e. The Morgan fingerprint density at radius 3 is 2.65 bits per heavy atom. The Morgan fingerprint density at radius 2 is 1.94 bits per heavy atom. The van der Waals surface area contributed by atoms with E-state index in [1.54, 1.807) is 6.20 Å². The van der Waals surface area contributed by atoms with Crippen LogP contribution < -0.4 is 10.1 Å². The zero-order chi connectivity index (χ0) is 21.9. The van der Waals surface area contributed by atoms with Crippen LogP contribution in [0.1, 0.15) is 43.7 Å². The number of unbranched alkanes of at least 4 members (excludes halogenated alkanes) is 1. The highest BCUT2D eigenvalue weighted by atomic mass is 16.5. The molecule has 5 heteroatoms. The van der Waals surface area contributed by atoms with Gasteiger partial charge in [0, 0.05) is 31.5 Å². The number of aryl methyl sites for hydroxylation is 1. The van der Waals surface area contributed by atoms with Gasteiger partial charge >= 0.3 is 0 Å². The molecule has 164 valence electrons. The molecule has 0 atom stereocenters. The first-order chi connectivity index (χ1) is 15.2. The fraction of sp³-hybridized carbons (Fsp3) is 0.385. The third kappa shape index (κ3) is 6.28. The van der Waals surface area contributed by atoms with E-state index in [2.05, 4.69) is 22.4 Å². The molecule has 0 spiro atoms. The van der Waals surface area contributed by atoms with Crippen LogP contribution in [0.4, 0.5) is 0 Å². The van der Waals surface area contributed by atoms with E-state index < -0.39 is 5.60 Å². The number of amides is 1. The molecule has 0 saturated carbocycles. The summed E-state index contributed by atoms with van der Waals surface area (Å²) < 4.78 is 11.5. The van der Waals surface area contributed by atoms with Crippen LogP contribution in [0.2, 0.25) is 0 Å². The molecule has 2 aromatic rings. The van der Waals surface area contributed by atoms with Gasteiger partial charge in [0.25, 0.3) is 5.91 Å². The van der Waals surface area contributed by atoms with Crippen LogP contribution >= 0.6 is 0 Å². The van der Waals surface area contributed by atoms with E-state index in [1.807, 2.05) is 68.6 Å². The quantitative estimate of drug-likeness (QED) is 0.426. The summed E-state index contributed by atoms with van der Waals surface area (Å²) in [5, 5.41) is 3.04. The minimum atomic E-state index is -1.05. The first-order valence-corrected chi connectivity index (χ1v) is 11.1. The fourth-order valence-corrected chi connectivity index (χ4v) is 3.71. The summed E-state index contributed by atoms with van der Waals surface area (Å²) in [6.45, 7) is 5.59. The summed E-state index contributed by atoms with van der Waals surface area (Å²) in [4.78, 5) is 17.1. The van der Waals surface area contributed by atoms with Crippen molar-refractivity contribution in [2.24, 2.45) is 0 Å². The predicted octanol–water partition coefficient (Wildman–Crippen LogP) is 4.60. The second-order valence-electron chi connectivity index (χ2n) is 7.55. The van der Waals surface area contributed by atoms with Gasteiger partial charge in [-0.05, 0) is 74.6 Å². The SMILES string of the molecule is CCOc1cccc(C2C=CC(OCC)(C(=O)NCCCCc3cccnc3)C=C2)c1. The van der Waals surface area contributed by atoms with Crippen LogP contribution in [0.3, 0.4) is 0 Å². The lowest BCUT2D eigenvalue weighted by atomic mass is 9.87. The molecule has 1 aliphatic carbocycles. The molecule has 1 aromatic carbocycles. The van der Waals surface area contributed by atoms with Crippen LogP contribution in [0.15, 0.2) is 73.1 Å². The predicted molar refractivity (Wildman–Crippen MR) is 123 cm³/mol. The zero-order valence-corrected chi connectivity index (χ0v) is 18.4. The van der Waals surface area contributed by atoms with Gasteiger partial charge < -0.3 is 14.8 Å². The molecule has 1 heterocycles. The Morgan fingerprint density at radius 1 is 1.10 bits per heavy atom. The Bertz CT molecular complexity index is 879. The van der Waals surface area contributed by atoms with E-state index >= 15 is 0 Å². The van der Waals surface area contributed by atoms with Crippen molar-refractivity contribution in [1.82, 2.24) is 10.3 Å². The molecule has 1 N–H and O–H groups in total. The summed E-state index contributed by atoms with van der Waals surface area (Å²) in [6.07, 6.45) is 14.3. The molecule has 31 heavy (non-hydrogen) atoms. The van der Waals surface area contributed by atoms with Crippen molar-refractivity contribution in [1.29, 1.82) is 0 Å². The molecule has 5 nitrogen and oxygen atoms in total. The highest BCUT2D eigenvalue weighted by Gasteiger charge is 2.36. The van der Waals surface area contributed by atoms with Crippen LogP contribution in [-0.2, 0) is 16.0 Å². The van der Waals surface area contributed by atoms with E-state index in [1.165, 1.54) is 5.56 Å². The van der Waals surface area contributed by atoms with Crippen LogP contribution in [0.25, 0.3) is 0 Å². The van der Waals surface area contributed by atoms with Gasteiger partial charge in [0.1, 0.15) is 5.75 Å². The number of hydrogen-bond donors (Lipinski definition) is 1. The number of carbonyl (C=O) groups excluding carboxylic acids is 1. The maximum atomic E-state index is 13.0. The zero-order valence-electron chi connectivity index (χ0n) is 18.4. The van der Waals surface area contributed by atoms with Crippen molar-refractivity contribution in [3.63, 3.8) is 0 Å². The van der Waals surface area contributed by atoms with Gasteiger partial charge in [0.15, 0.2) is 5.60 Å². The average molecular weight is 421 g/mol. The van der Waals surface area contributed by atoms with E-state index in [0.717, 1.165) is 30.6 Å². The van der Waals surface area contributed by atoms with Crippen molar-refractivity contribution in [2.45, 2.75) is 44.6 Å². The number of carbonyl (C=O) groups is 1. The fourth-order valence-electron chi connectivity index (χ4n) is 3.71. The molecule has 3 rings (SSSR count). The van der Waals surface area contributed by atoms with Crippen molar-refractivity contribution >= 4 is 5.91 Å². The molecule has 1 amide bonds. The van der Waals surface area contributed by atoms with Crippen molar-refractivity contribution in [3.8, 4) is 5.75 Å². The van der Waals surface area contributed by atoms with Gasteiger partial charge in [-0.25, -0.2) is 0 Å². The largest absolute Gasteiger partial charge is 0.494 e. The van der Waals surface area contributed by atoms with Crippen molar-refractivity contribution in [2.75, 3.05) is 19.8 Å². The second kappa shape index (κ2) is 11.5. The summed E-state index contributed by atoms with van der Waals surface area (Å²) in [7, 11) is 0. The molecule has 0 fully saturated rings. The first kappa shape index (κ1) is 22.8. The average Bonchev–Trinajstić information content (AvgIpc) is 2.80. The maximum absolute atomic E-state index is 13.0. The highest BCUT2D eigenvalue weighted by Crippen LogP contribution is 2.30. The highest BCUT2D eigenvalue weighted by molar-refractivity contribution is 5.90. The van der Waals surface area contributed by atoms with Gasteiger partial charge in [-0.1, -0.05) is 30.4 Å². The molecule has 1 aliphatic rings. The Kier molecular flexibility index (Phi) is 8.42. The summed E-state index contributed by atoms with van der Waals surface area (Å²) >= 11 is 0. The van der Waals surface area contributed by atoms with Crippen LogP contribution in [0.5, 0.6) is 5.75 Å². The molecule has 1 aromatic heterocycles. The maximum Gasteiger partial charge on any atom is 0.260 e. The third-order valence-electron chi connectivity index (χ3n) is 5.29. The van der Waals surface area contributed by atoms with Gasteiger partial charge in [-0.15, -0.1) is 0 Å². The number of nitrogens with zero attached hydrogens (tertiary/aromatic N) is 1. The Labute approximate surface area is 185 Å². The topological polar surface area (TPSA) is 60.5 Å². The smallest absolute Gasteiger partial charge is 0.260 e. The van der Waals surface area contributed by atoms with E-state index in [0.29, 0.717) is 19.8 Å². The third-order valence-corrected chi connectivity index (χ3v) is 5.29. The molecule has 0 unspecified atom stereocenters. The minimum absolute atomic E-state index is 0.0845. The van der Waals surface area contributed by atoms with Gasteiger partial charge in [0.2, 0.25) is 0 Å². The number of rotatable bonds is 11. The molecular weight excluding hydrogens is 388 g/mol. The monoisotopic (exact) mass is 420 g/mol. The van der Waals surface area contributed by atoms with E-state index in [-0.39, 0.29) is 11.8 Å². The lowest BCUT2D eigenvalue weighted by Gasteiger charge is -2.30. The summed E-state index contributed by atoms with van der Waals surface area (Å²) in [5.41, 5.74) is 1.29. The molecular formula is C26H32N2O3. The number of pyridine rings is 1. The normalized spacial score (nSPS) is 19.9. The van der Waals surface area contributed by atoms with Gasteiger partial charge in [-0.2, -0.15) is 0 Å². The number of benzene rings is 1.